The highest BCUT2D eigenvalue weighted by Crippen LogP contribution is 2.10. The smallest absolute Gasteiger partial charge is 0.213 e. The summed E-state index contributed by atoms with van der Waals surface area (Å²) in [7, 11) is -3.11. The van der Waals surface area contributed by atoms with E-state index in [1.54, 1.807) is 11.8 Å². The molecular weight excluding hydrogens is 256 g/mol. The van der Waals surface area contributed by atoms with E-state index in [-0.39, 0.29) is 11.8 Å². The van der Waals surface area contributed by atoms with E-state index in [1.807, 2.05) is 6.26 Å². The number of nitrogens with one attached hydrogen (secondary N) is 2. The minimum atomic E-state index is -3.11. The largest absolute Gasteiger partial charge is 0.313 e. The molecule has 0 aromatic carbocycles. The molecule has 1 aliphatic rings. The highest BCUT2D eigenvalue weighted by Gasteiger charge is 2.20. The molecule has 17 heavy (non-hydrogen) atoms. The van der Waals surface area contributed by atoms with Crippen molar-refractivity contribution in [3.63, 3.8) is 0 Å². The Morgan fingerprint density at radius 1 is 1.47 bits per heavy atom. The maximum atomic E-state index is 11.8. The van der Waals surface area contributed by atoms with Crippen LogP contribution in [0.2, 0.25) is 0 Å². The highest BCUT2D eigenvalue weighted by molar-refractivity contribution is 7.99. The van der Waals surface area contributed by atoms with E-state index in [9.17, 15) is 8.42 Å². The van der Waals surface area contributed by atoms with Crippen LogP contribution in [0.1, 0.15) is 32.6 Å². The summed E-state index contributed by atoms with van der Waals surface area (Å²) in [6.45, 7) is 3.61. The van der Waals surface area contributed by atoms with Crippen molar-refractivity contribution in [2.24, 2.45) is 0 Å². The molecule has 0 radical (unpaired) electrons. The first-order valence-electron chi connectivity index (χ1n) is 6.27. The van der Waals surface area contributed by atoms with Gasteiger partial charge in [-0.1, -0.05) is 13.3 Å². The van der Waals surface area contributed by atoms with Crippen LogP contribution in [0, 0.1) is 0 Å². The van der Waals surface area contributed by atoms with Gasteiger partial charge in [-0.15, -0.1) is 0 Å². The van der Waals surface area contributed by atoms with Gasteiger partial charge in [0.15, 0.2) is 0 Å². The van der Waals surface area contributed by atoms with Crippen LogP contribution in [-0.4, -0.2) is 44.8 Å². The number of hydrogen-bond donors (Lipinski definition) is 2. The fourth-order valence-corrected chi connectivity index (χ4v) is 3.64. The molecule has 1 aliphatic heterocycles. The lowest BCUT2D eigenvalue weighted by Crippen LogP contribution is -2.42. The highest BCUT2D eigenvalue weighted by atomic mass is 32.2. The Bertz CT molecular complexity index is 301. The molecule has 1 heterocycles. The van der Waals surface area contributed by atoms with Crippen LogP contribution >= 0.6 is 11.8 Å². The molecule has 2 unspecified atom stereocenters. The van der Waals surface area contributed by atoms with Gasteiger partial charge in [-0.3, -0.25) is 0 Å². The minimum absolute atomic E-state index is 0.138. The molecule has 0 amide bonds. The molecule has 1 rings (SSSR count). The Morgan fingerprint density at radius 3 is 2.82 bits per heavy atom. The third-order valence-corrected chi connectivity index (χ3v) is 5.63. The van der Waals surface area contributed by atoms with Crippen LogP contribution in [0.15, 0.2) is 0 Å². The summed E-state index contributed by atoms with van der Waals surface area (Å²) in [4.78, 5) is 0. The number of sulfonamides is 1. The molecule has 0 bridgehead atoms. The molecule has 0 aliphatic carbocycles. The van der Waals surface area contributed by atoms with Crippen molar-refractivity contribution in [1.82, 2.24) is 10.0 Å². The molecule has 102 valence electrons. The molecule has 2 atom stereocenters. The van der Waals surface area contributed by atoms with Gasteiger partial charge >= 0.3 is 0 Å². The van der Waals surface area contributed by atoms with E-state index < -0.39 is 10.0 Å². The van der Waals surface area contributed by atoms with Crippen LogP contribution in [0.4, 0.5) is 0 Å². The van der Waals surface area contributed by atoms with Crippen LogP contribution in [0.25, 0.3) is 0 Å². The van der Waals surface area contributed by atoms with Crippen molar-refractivity contribution in [1.29, 1.82) is 0 Å². The third kappa shape index (κ3) is 6.64. The second-order valence-corrected chi connectivity index (χ2v) is 7.79. The SMILES string of the molecule is CSC(C)CCNS(=O)(=O)CC1CCCCN1. The van der Waals surface area contributed by atoms with E-state index in [0.717, 1.165) is 32.2 Å². The molecule has 4 nitrogen and oxygen atoms in total. The molecule has 2 N–H and O–H groups in total. The quantitative estimate of drug-likeness (QED) is 0.735. The van der Waals surface area contributed by atoms with Gasteiger partial charge in [0.05, 0.1) is 5.75 Å². The number of piperidine rings is 1. The molecule has 1 fully saturated rings. The van der Waals surface area contributed by atoms with Crippen molar-refractivity contribution in [2.75, 3.05) is 25.1 Å². The first-order valence-corrected chi connectivity index (χ1v) is 9.21. The molecule has 1 saturated heterocycles. The summed E-state index contributed by atoms with van der Waals surface area (Å²) in [6, 6.07) is 0.138. The van der Waals surface area contributed by atoms with E-state index >= 15 is 0 Å². The van der Waals surface area contributed by atoms with E-state index in [0.29, 0.717) is 11.8 Å². The fraction of sp³-hybridized carbons (Fsp3) is 1.00. The van der Waals surface area contributed by atoms with E-state index in [4.69, 9.17) is 0 Å². The zero-order valence-corrected chi connectivity index (χ0v) is 12.4. The van der Waals surface area contributed by atoms with Crippen molar-refractivity contribution in [3.8, 4) is 0 Å². The van der Waals surface area contributed by atoms with Gasteiger partial charge in [-0.2, -0.15) is 11.8 Å². The molecule has 0 aromatic heterocycles. The summed E-state index contributed by atoms with van der Waals surface area (Å²) in [6.07, 6.45) is 6.21. The van der Waals surface area contributed by atoms with Crippen LogP contribution < -0.4 is 10.0 Å². The van der Waals surface area contributed by atoms with Crippen LogP contribution in [0.5, 0.6) is 0 Å². The molecule has 6 heteroatoms. The predicted molar refractivity (Wildman–Crippen MR) is 75.0 cm³/mol. The lowest BCUT2D eigenvalue weighted by Gasteiger charge is -2.23. The van der Waals surface area contributed by atoms with Crippen molar-refractivity contribution in [3.05, 3.63) is 0 Å². The zero-order chi connectivity index (χ0) is 12.7. The predicted octanol–water partition coefficient (Wildman–Crippen LogP) is 1.19. The van der Waals surface area contributed by atoms with Crippen molar-refractivity contribution < 1.29 is 8.42 Å². The summed E-state index contributed by atoms with van der Waals surface area (Å²) in [5.74, 6) is 0.223. The summed E-state index contributed by atoms with van der Waals surface area (Å²) >= 11 is 1.76. The van der Waals surface area contributed by atoms with Crippen LogP contribution in [0.3, 0.4) is 0 Å². The topological polar surface area (TPSA) is 58.2 Å². The van der Waals surface area contributed by atoms with E-state index in [1.165, 1.54) is 0 Å². The average Bonchev–Trinajstić information content (AvgIpc) is 2.29. The van der Waals surface area contributed by atoms with Crippen molar-refractivity contribution in [2.45, 2.75) is 43.9 Å². The molecule has 0 spiro atoms. The fourth-order valence-electron chi connectivity index (χ4n) is 1.93. The first-order chi connectivity index (χ1) is 8.03. The zero-order valence-electron chi connectivity index (χ0n) is 10.7. The Morgan fingerprint density at radius 2 is 2.24 bits per heavy atom. The lowest BCUT2D eigenvalue weighted by atomic mass is 10.1. The van der Waals surface area contributed by atoms with Crippen molar-refractivity contribution >= 4 is 21.8 Å². The van der Waals surface area contributed by atoms with Gasteiger partial charge in [0, 0.05) is 17.8 Å². The number of thioether (sulfide) groups is 1. The maximum Gasteiger partial charge on any atom is 0.213 e. The summed E-state index contributed by atoms with van der Waals surface area (Å²) in [5.41, 5.74) is 0. The number of hydrogen-bond acceptors (Lipinski definition) is 4. The maximum absolute atomic E-state index is 11.8. The average molecular weight is 280 g/mol. The van der Waals surface area contributed by atoms with Gasteiger partial charge in [0.2, 0.25) is 10.0 Å². The summed E-state index contributed by atoms with van der Waals surface area (Å²) < 4.78 is 26.3. The van der Waals surface area contributed by atoms with Gasteiger partial charge in [0.1, 0.15) is 0 Å². The molecule has 0 aromatic rings. The van der Waals surface area contributed by atoms with Gasteiger partial charge in [-0.05, 0) is 32.1 Å². The normalized spacial score (nSPS) is 23.5. The Kier molecular flexibility index (Phi) is 6.84. The minimum Gasteiger partial charge on any atom is -0.313 e. The Hall–Kier alpha value is 0.220. The monoisotopic (exact) mass is 280 g/mol. The second kappa shape index (κ2) is 7.61. The first kappa shape index (κ1) is 15.3. The van der Waals surface area contributed by atoms with Gasteiger partial charge in [0.25, 0.3) is 0 Å². The Balaban J connectivity index is 2.25. The standard InChI is InChI=1S/C11H24N2O2S2/c1-10(16-2)6-8-13-17(14,15)9-11-5-3-4-7-12-11/h10-13H,3-9H2,1-2H3. The third-order valence-electron chi connectivity index (χ3n) is 3.11. The van der Waals surface area contributed by atoms with Crippen LogP contribution in [-0.2, 0) is 10.0 Å². The van der Waals surface area contributed by atoms with Gasteiger partial charge < -0.3 is 5.32 Å². The molecule has 0 saturated carbocycles. The Labute approximate surface area is 109 Å². The van der Waals surface area contributed by atoms with Gasteiger partial charge in [-0.25, -0.2) is 13.1 Å². The lowest BCUT2D eigenvalue weighted by molar-refractivity contribution is 0.422. The van der Waals surface area contributed by atoms with E-state index in [2.05, 4.69) is 17.0 Å². The summed E-state index contributed by atoms with van der Waals surface area (Å²) in [5, 5.41) is 3.77. The number of rotatable bonds is 7. The molecular formula is C11H24N2O2S2. The second-order valence-electron chi connectivity index (χ2n) is 4.66.